The predicted octanol–water partition coefficient (Wildman–Crippen LogP) is 4.33. The number of fused-ring (bicyclic) bond motifs is 1. The summed E-state index contributed by atoms with van der Waals surface area (Å²) in [5.74, 6) is -0.0305. The highest BCUT2D eigenvalue weighted by Crippen LogP contribution is 2.21. The number of nitrogens with one attached hydrogen (secondary N) is 1. The van der Waals surface area contributed by atoms with Crippen LogP contribution in [0.4, 0.5) is 5.69 Å². The van der Waals surface area contributed by atoms with Crippen molar-refractivity contribution in [3.63, 3.8) is 0 Å². The molecule has 0 unspecified atom stereocenters. The monoisotopic (exact) mass is 413 g/mol. The van der Waals surface area contributed by atoms with Crippen LogP contribution in [0, 0.1) is 0 Å². The Kier molecular flexibility index (Phi) is 6.38. The van der Waals surface area contributed by atoms with Gasteiger partial charge < -0.3 is 14.6 Å². The molecule has 0 aliphatic carbocycles. The third-order valence-corrected chi connectivity index (χ3v) is 5.00. The first-order valence-corrected chi connectivity index (χ1v) is 10.2. The molecule has 6 heteroatoms. The zero-order valence-electron chi connectivity index (χ0n) is 17.0. The third-order valence-electron chi connectivity index (χ3n) is 5.00. The molecule has 0 aliphatic heterocycles. The van der Waals surface area contributed by atoms with Crippen LogP contribution in [0.1, 0.15) is 22.3 Å². The van der Waals surface area contributed by atoms with Gasteiger partial charge in [0.2, 0.25) is 0 Å². The molecule has 0 spiro atoms. The van der Waals surface area contributed by atoms with Gasteiger partial charge in [-0.25, -0.2) is 4.79 Å². The lowest BCUT2D eigenvalue weighted by Crippen LogP contribution is -2.32. The van der Waals surface area contributed by atoms with E-state index in [0.29, 0.717) is 30.8 Å². The quantitative estimate of drug-likeness (QED) is 0.344. The summed E-state index contributed by atoms with van der Waals surface area (Å²) in [5.41, 5.74) is 2.59. The van der Waals surface area contributed by atoms with E-state index in [-0.39, 0.29) is 11.5 Å². The van der Waals surface area contributed by atoms with Gasteiger partial charge in [-0.2, -0.15) is 0 Å². The van der Waals surface area contributed by atoms with Gasteiger partial charge in [0, 0.05) is 49.0 Å². The average molecular weight is 413 g/mol. The summed E-state index contributed by atoms with van der Waals surface area (Å²) in [6.45, 7) is 1.71. The van der Waals surface area contributed by atoms with Crippen LogP contribution in [0.5, 0.6) is 0 Å². The number of pyridine rings is 1. The Morgan fingerprint density at radius 2 is 1.71 bits per heavy atom. The standard InChI is InChI=1S/C25H23N3O3/c29-24-17-22(21-9-4-5-10-23(21)31-24)27-13-6-16-28(18-19-7-2-1-3-8-19)25(30)20-11-14-26-15-12-20/h1-5,7-12,14-15,17,27H,6,13,16,18H2. The van der Waals surface area contributed by atoms with Crippen molar-refractivity contribution in [2.45, 2.75) is 13.0 Å². The first-order chi connectivity index (χ1) is 15.2. The van der Waals surface area contributed by atoms with Gasteiger partial charge in [-0.1, -0.05) is 42.5 Å². The maximum atomic E-state index is 13.1. The van der Waals surface area contributed by atoms with E-state index in [4.69, 9.17) is 4.42 Å². The summed E-state index contributed by atoms with van der Waals surface area (Å²) in [4.78, 5) is 30.7. The zero-order chi connectivity index (χ0) is 21.5. The second-order valence-corrected chi connectivity index (χ2v) is 7.20. The molecule has 4 aromatic rings. The highest BCUT2D eigenvalue weighted by Gasteiger charge is 2.16. The Labute approximate surface area is 180 Å². The molecule has 2 aromatic carbocycles. The largest absolute Gasteiger partial charge is 0.423 e. The topological polar surface area (TPSA) is 75.4 Å². The van der Waals surface area contributed by atoms with E-state index in [1.54, 1.807) is 30.6 Å². The number of benzene rings is 2. The molecule has 0 radical (unpaired) electrons. The number of anilines is 1. The Balaban J connectivity index is 1.44. The van der Waals surface area contributed by atoms with E-state index in [1.165, 1.54) is 6.07 Å². The molecule has 0 atom stereocenters. The van der Waals surface area contributed by atoms with E-state index in [2.05, 4.69) is 10.3 Å². The van der Waals surface area contributed by atoms with Crippen LogP contribution >= 0.6 is 0 Å². The molecule has 1 N–H and O–H groups in total. The predicted molar refractivity (Wildman–Crippen MR) is 121 cm³/mol. The van der Waals surface area contributed by atoms with Crippen molar-refractivity contribution >= 4 is 22.6 Å². The highest BCUT2D eigenvalue weighted by molar-refractivity contribution is 5.94. The number of nitrogens with zero attached hydrogens (tertiary/aromatic N) is 2. The number of hydrogen-bond donors (Lipinski definition) is 1. The molecule has 0 fully saturated rings. The van der Waals surface area contributed by atoms with Crippen molar-refractivity contribution in [1.29, 1.82) is 0 Å². The van der Waals surface area contributed by atoms with Gasteiger partial charge in [-0.15, -0.1) is 0 Å². The number of aromatic nitrogens is 1. The molecule has 156 valence electrons. The van der Waals surface area contributed by atoms with Gasteiger partial charge in [0.1, 0.15) is 5.58 Å². The van der Waals surface area contributed by atoms with Crippen LogP contribution < -0.4 is 10.9 Å². The fourth-order valence-corrected chi connectivity index (χ4v) is 3.48. The van der Waals surface area contributed by atoms with Crippen LogP contribution in [0.15, 0.2) is 94.4 Å². The lowest BCUT2D eigenvalue weighted by atomic mass is 10.1. The molecule has 2 aromatic heterocycles. The van der Waals surface area contributed by atoms with Gasteiger partial charge in [0.05, 0.1) is 5.69 Å². The molecule has 0 bridgehead atoms. The molecule has 0 saturated heterocycles. The second kappa shape index (κ2) is 9.71. The van der Waals surface area contributed by atoms with Crippen molar-refractivity contribution in [2.75, 3.05) is 18.4 Å². The molecule has 31 heavy (non-hydrogen) atoms. The number of rotatable bonds is 8. The van der Waals surface area contributed by atoms with Crippen molar-refractivity contribution in [1.82, 2.24) is 9.88 Å². The summed E-state index contributed by atoms with van der Waals surface area (Å²) in [5, 5.41) is 4.18. The Morgan fingerprint density at radius 1 is 0.968 bits per heavy atom. The van der Waals surface area contributed by atoms with Crippen LogP contribution in [-0.4, -0.2) is 28.9 Å². The van der Waals surface area contributed by atoms with Crippen molar-refractivity contribution in [3.8, 4) is 0 Å². The van der Waals surface area contributed by atoms with Gasteiger partial charge in [0.25, 0.3) is 5.91 Å². The zero-order valence-corrected chi connectivity index (χ0v) is 17.0. The summed E-state index contributed by atoms with van der Waals surface area (Å²) >= 11 is 0. The van der Waals surface area contributed by atoms with E-state index in [1.807, 2.05) is 53.4 Å². The molecule has 2 heterocycles. The van der Waals surface area contributed by atoms with Crippen molar-refractivity contribution < 1.29 is 9.21 Å². The third kappa shape index (κ3) is 5.17. The molecule has 4 rings (SSSR count). The van der Waals surface area contributed by atoms with E-state index < -0.39 is 0 Å². The lowest BCUT2D eigenvalue weighted by molar-refractivity contribution is 0.0742. The fraction of sp³-hybridized carbons (Fsp3) is 0.160. The minimum atomic E-state index is -0.389. The Hall–Kier alpha value is -3.93. The fourth-order valence-electron chi connectivity index (χ4n) is 3.48. The van der Waals surface area contributed by atoms with Gasteiger partial charge >= 0.3 is 5.63 Å². The second-order valence-electron chi connectivity index (χ2n) is 7.20. The maximum absolute atomic E-state index is 13.1. The normalized spacial score (nSPS) is 10.7. The van der Waals surface area contributed by atoms with Crippen LogP contribution in [0.25, 0.3) is 11.0 Å². The number of amides is 1. The highest BCUT2D eigenvalue weighted by atomic mass is 16.4. The van der Waals surface area contributed by atoms with E-state index in [9.17, 15) is 9.59 Å². The number of carbonyl (C=O) groups excluding carboxylic acids is 1. The van der Waals surface area contributed by atoms with E-state index >= 15 is 0 Å². The summed E-state index contributed by atoms with van der Waals surface area (Å²) in [6.07, 6.45) is 3.97. The van der Waals surface area contributed by atoms with Gasteiger partial charge in [-0.05, 0) is 36.2 Å². The van der Waals surface area contributed by atoms with Crippen molar-refractivity contribution in [2.24, 2.45) is 0 Å². The molecular weight excluding hydrogens is 390 g/mol. The maximum Gasteiger partial charge on any atom is 0.338 e. The minimum Gasteiger partial charge on any atom is -0.423 e. The summed E-state index contributed by atoms with van der Waals surface area (Å²) in [7, 11) is 0. The summed E-state index contributed by atoms with van der Waals surface area (Å²) in [6, 6.07) is 22.3. The van der Waals surface area contributed by atoms with Crippen LogP contribution in [-0.2, 0) is 6.54 Å². The van der Waals surface area contributed by atoms with Crippen molar-refractivity contribution in [3.05, 3.63) is 107 Å². The Bertz CT molecular complexity index is 1210. The number of hydrogen-bond acceptors (Lipinski definition) is 5. The first-order valence-electron chi connectivity index (χ1n) is 10.2. The lowest BCUT2D eigenvalue weighted by Gasteiger charge is -2.23. The molecule has 0 saturated carbocycles. The van der Waals surface area contributed by atoms with E-state index in [0.717, 1.165) is 23.1 Å². The molecule has 6 nitrogen and oxygen atoms in total. The average Bonchev–Trinajstić information content (AvgIpc) is 2.81. The first kappa shape index (κ1) is 20.3. The summed E-state index contributed by atoms with van der Waals surface area (Å²) < 4.78 is 5.24. The SMILES string of the molecule is O=C(c1ccncc1)N(CCCNc1cc(=O)oc2ccccc12)Cc1ccccc1. The van der Waals surface area contributed by atoms with Gasteiger partial charge in [-0.3, -0.25) is 9.78 Å². The number of para-hydroxylation sites is 1. The molecule has 0 aliphatic rings. The smallest absolute Gasteiger partial charge is 0.338 e. The molecular formula is C25H23N3O3. The number of carbonyl (C=O) groups is 1. The van der Waals surface area contributed by atoms with Crippen LogP contribution in [0.2, 0.25) is 0 Å². The van der Waals surface area contributed by atoms with Gasteiger partial charge in [0.15, 0.2) is 0 Å². The molecule has 1 amide bonds. The Morgan fingerprint density at radius 3 is 2.52 bits per heavy atom. The minimum absolute atomic E-state index is 0.0305. The van der Waals surface area contributed by atoms with Crippen LogP contribution in [0.3, 0.4) is 0 Å².